The topological polar surface area (TPSA) is 523 Å². The van der Waals surface area contributed by atoms with Crippen molar-refractivity contribution in [1.82, 2.24) is 47.8 Å². The molecule has 5 aromatic rings. The van der Waals surface area contributed by atoms with Crippen LogP contribution in [0.2, 0.25) is 0 Å². The molecule has 20 atom stereocenters. The zero-order valence-electron chi connectivity index (χ0n) is 72.5. The number of H-pyrrole nitrogens is 5. The molecule has 5 aromatic heterocycles. The van der Waals surface area contributed by atoms with E-state index < -0.39 is 213 Å². The van der Waals surface area contributed by atoms with Crippen molar-refractivity contribution < 1.29 is 74.7 Å². The molecule has 5 aliphatic heterocycles. The van der Waals surface area contributed by atoms with Gasteiger partial charge in [-0.1, -0.05) is 46.6 Å². The van der Waals surface area contributed by atoms with E-state index in [4.69, 9.17) is 23.7 Å². The van der Waals surface area contributed by atoms with Gasteiger partial charge in [0.15, 0.2) is 18.7 Å². The van der Waals surface area contributed by atoms with Gasteiger partial charge in [-0.2, -0.15) is 0 Å². The van der Waals surface area contributed by atoms with Crippen LogP contribution < -0.4 is 56.2 Å². The summed E-state index contributed by atoms with van der Waals surface area (Å²) in [7, 11) is 0. The van der Waals surface area contributed by atoms with Crippen LogP contribution in [0.5, 0.6) is 0 Å². The van der Waals surface area contributed by atoms with E-state index in [-0.39, 0.29) is 11.1 Å². The third kappa shape index (κ3) is 29.6. The van der Waals surface area contributed by atoms with Crippen molar-refractivity contribution in [2.45, 2.75) is 247 Å². The molecule has 15 N–H and O–H groups in total. The Labute approximate surface area is 704 Å². The molecule has 0 radical (unpaired) electrons. The number of hydrogen-bond acceptors (Lipinski definition) is 25. The van der Waals surface area contributed by atoms with E-state index >= 15 is 0 Å². The van der Waals surface area contributed by atoms with Crippen molar-refractivity contribution in [3.63, 3.8) is 0 Å². The zero-order chi connectivity index (χ0) is 91.0. The predicted octanol–water partition coefficient (Wildman–Crippen LogP) is 1.20. The highest BCUT2D eigenvalue weighted by molar-refractivity contribution is 7.73. The molecule has 10 heterocycles. The van der Waals surface area contributed by atoms with Crippen LogP contribution in [0.3, 0.4) is 0 Å². The summed E-state index contributed by atoms with van der Waals surface area (Å²) in [6.45, 7) is 26.6. The monoisotopic (exact) mass is 1800 g/mol. The fraction of sp³-hybridized carbons (Fsp3) is 0.667. The first-order chi connectivity index (χ1) is 56.2. The van der Waals surface area contributed by atoms with Gasteiger partial charge in [-0.05, 0) is 168 Å². The van der Waals surface area contributed by atoms with E-state index in [0.29, 0.717) is 87.6 Å². The molecule has 0 aliphatic carbocycles. The minimum absolute atomic E-state index is 0.140. The first kappa shape index (κ1) is 104. The van der Waals surface area contributed by atoms with Crippen LogP contribution >= 0.6 is 34.4 Å². The minimum Gasteiger partial charge on any atom is -0.388 e. The van der Waals surface area contributed by atoms with Crippen LogP contribution in [0, 0.1) is 0 Å². The quantitative estimate of drug-likeness (QED) is 0.0219. The molecule has 10 rings (SSSR count). The van der Waals surface area contributed by atoms with Gasteiger partial charge in [0.25, 0.3) is 27.8 Å². The highest BCUT2D eigenvalue weighted by Gasteiger charge is 2.49. The minimum atomic E-state index is -1.29. The lowest BCUT2D eigenvalue weighted by molar-refractivity contribution is -0.0404. The van der Waals surface area contributed by atoms with Crippen LogP contribution in [-0.4, -0.2) is 319 Å². The molecule has 121 heavy (non-hydrogen) atoms. The van der Waals surface area contributed by atoms with Crippen molar-refractivity contribution in [3.8, 4) is 0 Å². The number of aliphatic hydroxyl groups is 10. The zero-order valence-corrected chi connectivity index (χ0v) is 76.9. The van der Waals surface area contributed by atoms with Gasteiger partial charge in [0.2, 0.25) is 0 Å². The maximum absolute atomic E-state index is 12.2. The summed E-state index contributed by atoms with van der Waals surface area (Å²) in [4.78, 5) is 131. The van der Waals surface area contributed by atoms with Gasteiger partial charge < -0.3 is 79.3 Å². The van der Waals surface area contributed by atoms with Crippen molar-refractivity contribution in [1.29, 1.82) is 0 Å². The van der Waals surface area contributed by atoms with E-state index in [2.05, 4.69) is 130 Å². The molecule has 0 saturated carbocycles. The van der Waals surface area contributed by atoms with Gasteiger partial charge in [-0.3, -0.25) is 67.2 Å². The lowest BCUT2D eigenvalue weighted by Crippen LogP contribution is -2.38. The summed E-state index contributed by atoms with van der Waals surface area (Å²) >= 11 is 0. The summed E-state index contributed by atoms with van der Waals surface area (Å²) in [5, 5.41) is 103. The van der Waals surface area contributed by atoms with Crippen LogP contribution in [0.4, 0.5) is 0 Å². The Balaban J connectivity index is 0.000000234. The summed E-state index contributed by atoms with van der Waals surface area (Å²) in [5.74, 6) is 0. The normalized spacial score (nSPS) is 27.4. The van der Waals surface area contributed by atoms with E-state index in [9.17, 15) is 99.0 Å². The number of ether oxygens (including phenoxy) is 5. The number of nitrogens with one attached hydrogen (secondary N) is 5. The Kier molecular flexibility index (Phi) is 38.6. The predicted molar refractivity (Wildman–Crippen MR) is 488 cm³/mol. The number of aliphatic hydroxyl groups excluding tert-OH is 10. The lowest BCUT2D eigenvalue weighted by Gasteiger charge is -2.19. The number of aromatic amines is 5. The molecule has 40 heteroatoms. The van der Waals surface area contributed by atoms with E-state index in [1.807, 2.05) is 20.8 Å². The maximum Gasteiger partial charge on any atom is 0.330 e. The molecule has 0 aromatic carbocycles. The molecule has 35 nitrogen and oxygen atoms in total. The molecule has 684 valence electrons. The molecule has 5 fully saturated rings. The third-order valence-electron chi connectivity index (χ3n) is 21.2. The number of aromatic nitrogens is 10. The Morgan fingerprint density at radius 2 is 0.628 bits per heavy atom. The Morgan fingerprint density at radius 1 is 0.347 bits per heavy atom. The summed E-state index contributed by atoms with van der Waals surface area (Å²) in [5.41, 5.74) is -3.79. The number of allylic oxidation sites excluding steroid dienone is 1. The van der Waals surface area contributed by atoms with Gasteiger partial charge in [0.1, 0.15) is 73.2 Å². The van der Waals surface area contributed by atoms with Crippen LogP contribution in [0.1, 0.15) is 151 Å². The summed E-state index contributed by atoms with van der Waals surface area (Å²) in [6.07, 6.45) is 22.4. The third-order valence-corrected chi connectivity index (χ3v) is 28.6. The molecule has 5 saturated heterocycles. The summed E-state index contributed by atoms with van der Waals surface area (Å²) in [6, 6.07) is 0. The second kappa shape index (κ2) is 45.0. The van der Waals surface area contributed by atoms with Gasteiger partial charge in [0, 0.05) is 60.8 Å². The highest BCUT2D eigenvalue weighted by atomic mass is 31.2. The van der Waals surface area contributed by atoms with Gasteiger partial charge >= 0.3 is 28.4 Å². The van der Waals surface area contributed by atoms with Gasteiger partial charge in [0.05, 0.1) is 41.6 Å². The summed E-state index contributed by atoms with van der Waals surface area (Å²) < 4.78 is 35.0. The van der Waals surface area contributed by atoms with Crippen molar-refractivity contribution in [2.75, 3.05) is 97.5 Å². The van der Waals surface area contributed by atoms with Crippen molar-refractivity contribution in [3.05, 3.63) is 176 Å². The number of aryl methyl sites for hydroxylation is 5. The SMILES string of the molecule is C=CCCn1cc([C@@H]2OC(CCP(=C)(C)C)[C@@H](O)[C@H]2O)c(=O)[nH]c1=O.C=P(C)(C)CCC1O[C@@H](c2cn(CCC)c(=O)[nH]c2=O)[C@H](O)[C@@H]1O.C=P(C)(C)CCC1O[C@@H](n2cc(CC)c(=O)[nH]c2=O)[C@H](O)[C@@H]1O.C=P(C)(C)CCC1O[C@@H](n2cc(CCC)c(=O)[nH]c2=O)[C@H](O)[C@@H]1O.C=P(C)(C)CCC1O[C@@H](n2cc(CCCC)c(=O)[nH]c2=O)[C@H](O)[C@@H]1O. The molecule has 0 bridgehead atoms. The molecular formula is C81H135N10O25P5. The fourth-order valence-electron chi connectivity index (χ4n) is 14.1. The Hall–Kier alpha value is -5.96. The molecule has 5 unspecified atom stereocenters. The highest BCUT2D eigenvalue weighted by Crippen LogP contribution is 2.45. The molecule has 0 spiro atoms. The number of unbranched alkanes of at least 4 members (excludes halogenated alkanes) is 1. The van der Waals surface area contributed by atoms with Crippen LogP contribution in [0.25, 0.3) is 0 Å². The largest absolute Gasteiger partial charge is 0.388 e. The smallest absolute Gasteiger partial charge is 0.330 e. The number of hydrogen-bond donors (Lipinski definition) is 15. The second-order valence-corrected chi connectivity index (χ2v) is 56.9. The van der Waals surface area contributed by atoms with Crippen molar-refractivity contribution >= 4 is 65.9 Å². The van der Waals surface area contributed by atoms with Gasteiger partial charge in [-0.25, -0.2) is 24.0 Å². The number of nitrogens with zero attached hydrogens (tertiary/aromatic N) is 5. The maximum atomic E-state index is 12.2. The fourth-order valence-corrected chi connectivity index (χ4v) is 18.9. The molecular weight excluding hydrogens is 1670 g/mol. The number of rotatable bonds is 31. The Morgan fingerprint density at radius 3 is 0.917 bits per heavy atom. The first-order valence-electron chi connectivity index (χ1n) is 40.9. The van der Waals surface area contributed by atoms with Crippen molar-refractivity contribution in [2.24, 2.45) is 0 Å². The molecule has 0 amide bonds. The standard InChI is InChI=1S/C17H27N2O5P.C17H29N2O5P.2C16H27N2O5P.C15H25N2O5P/c1-5-6-8-19-10-11(16(22)18-17(19)23)15-14(21)13(20)12(24-15)7-9-25(2,3)4;1-5-6-7-11-10-19(17(23)18-15(11)22)16-14(21)13(20)12(24-16)8-9-25(2,3)4;1-5-7-18-9-10(15(21)17-16(18)22)14-13(20)12(19)11(23-14)6-8-24(2,3)4;1-5-6-10-9-18(16(22)17-14(10)21)15-13(20)12(19)11(23-15)7-8-24(2,3)4;1-5-9-8-17(15(21)16-13(9)20)14-12(19)11(18)10(22-14)6-7-23(2,3)4/h5,10,12-15,20-21H,1-2,6-9H2,3-4H3,(H,18,22,23);10,12-14,16,20-21H,2,5-9H2,1,3-4H3,(H,18,22,23);9,11-14,19-20H,2,5-8H2,1,3-4H3,(H,17,21,22);9,11-13,15,19-20H,2,5-8H2,1,3-4H3,(H,17,21,22);8,10-12,14,18-19H,2,5-7H2,1,3-4H3,(H,16,20,21)/t12?,13-,14-,15+;12?,13-,14-,16-;11?,12-,13-,14+;11?,12-,13-,15-;10?,11-,12-,14-/m11111/s1. The van der Waals surface area contributed by atoms with E-state index in [0.717, 1.165) is 61.1 Å². The van der Waals surface area contributed by atoms with Crippen LogP contribution in [-0.2, 0) is 56.0 Å². The van der Waals surface area contributed by atoms with E-state index in [1.54, 1.807) is 13.0 Å². The average Bonchev–Trinajstić information content (AvgIpc) is 1.69. The first-order valence-corrected chi connectivity index (χ1v) is 56.2. The van der Waals surface area contributed by atoms with Gasteiger partial charge in [-0.15, -0.1) is 72.5 Å². The lowest BCUT2D eigenvalue weighted by atomic mass is 10.0. The Bertz CT molecular complexity index is 5060. The average molecular weight is 1800 g/mol. The second-order valence-electron chi connectivity index (χ2n) is 35.4. The van der Waals surface area contributed by atoms with E-state index in [1.165, 1.54) is 49.3 Å². The van der Waals surface area contributed by atoms with Crippen LogP contribution in [0.15, 0.2) is 91.6 Å². The molecule has 5 aliphatic rings.